The molecule has 0 aliphatic carbocycles. The SMILES string of the molecule is Fc1ccc(Cn2c(Nc3cccc(Cl)c3)nc3ccccc32)cc1. The van der Waals surface area contributed by atoms with Crippen molar-refractivity contribution >= 4 is 34.3 Å². The van der Waals surface area contributed by atoms with Crippen molar-refractivity contribution in [2.24, 2.45) is 0 Å². The summed E-state index contributed by atoms with van der Waals surface area (Å²) >= 11 is 6.07. The van der Waals surface area contributed by atoms with Crippen LogP contribution in [-0.2, 0) is 6.54 Å². The molecule has 3 aromatic carbocycles. The van der Waals surface area contributed by atoms with Crippen molar-refractivity contribution < 1.29 is 4.39 Å². The Labute approximate surface area is 149 Å². The molecule has 5 heteroatoms. The molecule has 0 bridgehead atoms. The highest BCUT2D eigenvalue weighted by atomic mass is 35.5. The summed E-state index contributed by atoms with van der Waals surface area (Å²) in [6.45, 7) is 0.587. The zero-order valence-electron chi connectivity index (χ0n) is 13.3. The van der Waals surface area contributed by atoms with E-state index < -0.39 is 0 Å². The van der Waals surface area contributed by atoms with Crippen LogP contribution in [0.1, 0.15) is 5.56 Å². The number of para-hydroxylation sites is 2. The van der Waals surface area contributed by atoms with Crippen LogP contribution in [0.2, 0.25) is 5.02 Å². The lowest BCUT2D eigenvalue weighted by Gasteiger charge is -2.11. The Kier molecular flexibility index (Phi) is 4.12. The van der Waals surface area contributed by atoms with E-state index in [9.17, 15) is 4.39 Å². The highest BCUT2D eigenvalue weighted by Crippen LogP contribution is 2.25. The molecule has 0 fully saturated rings. The lowest BCUT2D eigenvalue weighted by atomic mass is 10.2. The summed E-state index contributed by atoms with van der Waals surface area (Å²) in [5, 5.41) is 3.99. The van der Waals surface area contributed by atoms with Crippen molar-refractivity contribution in [1.82, 2.24) is 9.55 Å². The van der Waals surface area contributed by atoms with Gasteiger partial charge in [0.15, 0.2) is 0 Å². The van der Waals surface area contributed by atoms with E-state index in [1.165, 1.54) is 12.1 Å². The Bertz CT molecular complexity index is 1020. The minimum absolute atomic E-state index is 0.239. The van der Waals surface area contributed by atoms with Gasteiger partial charge in [0.05, 0.1) is 17.6 Å². The van der Waals surface area contributed by atoms with Gasteiger partial charge in [-0.2, -0.15) is 0 Å². The Morgan fingerprint density at radius 3 is 2.56 bits per heavy atom. The number of nitrogens with zero attached hydrogens (tertiary/aromatic N) is 2. The first-order chi connectivity index (χ1) is 12.2. The third-order valence-electron chi connectivity index (χ3n) is 3.99. The van der Waals surface area contributed by atoms with E-state index in [-0.39, 0.29) is 5.82 Å². The van der Waals surface area contributed by atoms with Gasteiger partial charge >= 0.3 is 0 Å². The molecule has 4 rings (SSSR count). The summed E-state index contributed by atoms with van der Waals surface area (Å²) in [4.78, 5) is 4.69. The molecule has 1 aromatic heterocycles. The number of nitrogens with one attached hydrogen (secondary N) is 1. The standard InChI is InChI=1S/C20H15ClFN3/c21-15-4-3-5-17(12-15)23-20-24-18-6-1-2-7-19(18)25(20)13-14-8-10-16(22)11-9-14/h1-12H,13H2,(H,23,24). The Balaban J connectivity index is 1.76. The minimum Gasteiger partial charge on any atom is -0.326 e. The minimum atomic E-state index is -0.239. The van der Waals surface area contributed by atoms with E-state index in [1.807, 2.05) is 48.5 Å². The van der Waals surface area contributed by atoms with Crippen molar-refractivity contribution in [3.63, 3.8) is 0 Å². The van der Waals surface area contributed by atoms with Crippen LogP contribution in [0, 0.1) is 5.82 Å². The van der Waals surface area contributed by atoms with Crippen LogP contribution in [0.5, 0.6) is 0 Å². The van der Waals surface area contributed by atoms with E-state index >= 15 is 0 Å². The van der Waals surface area contributed by atoms with Gasteiger partial charge in [-0.3, -0.25) is 0 Å². The molecule has 0 atom stereocenters. The van der Waals surface area contributed by atoms with Gasteiger partial charge in [0, 0.05) is 10.7 Å². The monoisotopic (exact) mass is 351 g/mol. The second-order valence-corrected chi connectivity index (χ2v) is 6.21. The molecule has 0 unspecified atom stereocenters. The molecule has 0 amide bonds. The first-order valence-electron chi connectivity index (χ1n) is 7.91. The normalized spacial score (nSPS) is 11.0. The van der Waals surface area contributed by atoms with Crippen LogP contribution >= 0.6 is 11.6 Å². The summed E-state index contributed by atoms with van der Waals surface area (Å²) in [5.74, 6) is 0.476. The quantitative estimate of drug-likeness (QED) is 0.517. The fraction of sp³-hybridized carbons (Fsp3) is 0.0500. The molecule has 3 nitrogen and oxygen atoms in total. The van der Waals surface area contributed by atoms with Gasteiger partial charge in [-0.1, -0.05) is 41.9 Å². The van der Waals surface area contributed by atoms with Gasteiger partial charge in [-0.25, -0.2) is 9.37 Å². The Morgan fingerprint density at radius 1 is 0.960 bits per heavy atom. The zero-order valence-corrected chi connectivity index (χ0v) is 14.0. The summed E-state index contributed by atoms with van der Waals surface area (Å²) in [6.07, 6.45) is 0. The third kappa shape index (κ3) is 3.35. The van der Waals surface area contributed by atoms with Crippen LogP contribution in [0.15, 0.2) is 72.8 Å². The molecule has 0 aliphatic rings. The Hall–Kier alpha value is -2.85. The highest BCUT2D eigenvalue weighted by Gasteiger charge is 2.11. The number of hydrogen-bond donors (Lipinski definition) is 1. The summed E-state index contributed by atoms with van der Waals surface area (Å²) in [7, 11) is 0. The van der Waals surface area contributed by atoms with Crippen LogP contribution in [0.4, 0.5) is 16.0 Å². The predicted molar refractivity (Wildman–Crippen MR) is 100.0 cm³/mol. The fourth-order valence-electron chi connectivity index (χ4n) is 2.80. The van der Waals surface area contributed by atoms with Gasteiger partial charge in [-0.15, -0.1) is 0 Å². The summed E-state index contributed by atoms with van der Waals surface area (Å²) in [5.41, 5.74) is 3.77. The molecule has 124 valence electrons. The lowest BCUT2D eigenvalue weighted by molar-refractivity contribution is 0.626. The molecule has 0 radical (unpaired) electrons. The number of rotatable bonds is 4. The predicted octanol–water partition coefficient (Wildman–Crippen LogP) is 5.62. The van der Waals surface area contributed by atoms with Crippen molar-refractivity contribution in [3.05, 3.63) is 89.2 Å². The van der Waals surface area contributed by atoms with E-state index in [1.54, 1.807) is 12.1 Å². The number of imidazole rings is 1. The molecule has 1 N–H and O–H groups in total. The zero-order chi connectivity index (χ0) is 17.2. The molecular weight excluding hydrogens is 337 g/mol. The van der Waals surface area contributed by atoms with Gasteiger partial charge in [-0.05, 0) is 48.0 Å². The molecule has 0 spiro atoms. The molecule has 0 saturated carbocycles. The summed E-state index contributed by atoms with van der Waals surface area (Å²) in [6, 6.07) is 21.9. The molecule has 0 aliphatic heterocycles. The topological polar surface area (TPSA) is 29.9 Å². The second-order valence-electron chi connectivity index (χ2n) is 5.77. The third-order valence-corrected chi connectivity index (χ3v) is 4.22. The molecule has 1 heterocycles. The second kappa shape index (κ2) is 6.57. The number of hydrogen-bond acceptors (Lipinski definition) is 2. The summed E-state index contributed by atoms with van der Waals surface area (Å²) < 4.78 is 15.3. The van der Waals surface area contributed by atoms with Crippen molar-refractivity contribution in [1.29, 1.82) is 0 Å². The van der Waals surface area contributed by atoms with E-state index in [4.69, 9.17) is 11.6 Å². The largest absolute Gasteiger partial charge is 0.326 e. The van der Waals surface area contributed by atoms with E-state index in [0.29, 0.717) is 17.5 Å². The number of halogens is 2. The van der Waals surface area contributed by atoms with Crippen molar-refractivity contribution in [2.75, 3.05) is 5.32 Å². The first kappa shape index (κ1) is 15.7. The highest BCUT2D eigenvalue weighted by molar-refractivity contribution is 6.30. The average Bonchev–Trinajstić information content (AvgIpc) is 2.94. The number of fused-ring (bicyclic) bond motifs is 1. The van der Waals surface area contributed by atoms with Crippen molar-refractivity contribution in [3.8, 4) is 0 Å². The number of benzene rings is 3. The molecule has 25 heavy (non-hydrogen) atoms. The molecular formula is C20H15ClFN3. The van der Waals surface area contributed by atoms with Crippen LogP contribution in [-0.4, -0.2) is 9.55 Å². The first-order valence-corrected chi connectivity index (χ1v) is 8.29. The van der Waals surface area contributed by atoms with Gasteiger partial charge < -0.3 is 9.88 Å². The maximum atomic E-state index is 13.2. The van der Waals surface area contributed by atoms with Gasteiger partial charge in [0.1, 0.15) is 5.82 Å². The molecule has 4 aromatic rings. The van der Waals surface area contributed by atoms with E-state index in [2.05, 4.69) is 14.9 Å². The van der Waals surface area contributed by atoms with Crippen molar-refractivity contribution in [2.45, 2.75) is 6.54 Å². The number of aromatic nitrogens is 2. The molecule has 0 saturated heterocycles. The van der Waals surface area contributed by atoms with E-state index in [0.717, 1.165) is 22.3 Å². The Morgan fingerprint density at radius 2 is 1.76 bits per heavy atom. The van der Waals surface area contributed by atoms with Crippen LogP contribution in [0.25, 0.3) is 11.0 Å². The number of anilines is 2. The fourth-order valence-corrected chi connectivity index (χ4v) is 2.99. The lowest BCUT2D eigenvalue weighted by Crippen LogP contribution is -2.05. The van der Waals surface area contributed by atoms with Crippen LogP contribution < -0.4 is 5.32 Å². The smallest absolute Gasteiger partial charge is 0.208 e. The van der Waals surface area contributed by atoms with Gasteiger partial charge in [0.2, 0.25) is 5.95 Å². The maximum absolute atomic E-state index is 13.2. The average molecular weight is 352 g/mol. The van der Waals surface area contributed by atoms with Crippen LogP contribution in [0.3, 0.4) is 0 Å². The van der Waals surface area contributed by atoms with Gasteiger partial charge in [0.25, 0.3) is 0 Å². The maximum Gasteiger partial charge on any atom is 0.208 e.